The number of ketones is 1. The number of hydrogen-bond acceptors (Lipinski definition) is 3. The van der Waals surface area contributed by atoms with E-state index >= 15 is 0 Å². The van der Waals surface area contributed by atoms with Gasteiger partial charge in [-0.25, -0.2) is 0 Å². The Balaban J connectivity index is 1.81. The van der Waals surface area contributed by atoms with E-state index in [2.05, 4.69) is 15.9 Å². The average Bonchev–Trinajstić information content (AvgIpc) is 2.88. The number of aryl methyl sites for hydroxylation is 1. The van der Waals surface area contributed by atoms with Gasteiger partial charge in [-0.1, -0.05) is 22.0 Å². The minimum Gasteiger partial charge on any atom is -0.378 e. The van der Waals surface area contributed by atoms with Crippen LogP contribution in [0.2, 0.25) is 0 Å². The lowest BCUT2D eigenvalue weighted by molar-refractivity contribution is -0.0920. The SMILES string of the molecule is Cc1ccc(Br)cc1C(=O)C1CCOC2(CCOC2)C1. The fourth-order valence-electron chi connectivity index (χ4n) is 3.19. The third-order valence-electron chi connectivity index (χ3n) is 4.40. The number of Topliss-reactive ketones (excluding diaryl/α,β-unsaturated/α-hetero) is 1. The molecule has 0 amide bonds. The van der Waals surface area contributed by atoms with Gasteiger partial charge in [0.05, 0.1) is 12.2 Å². The second-order valence-corrected chi connectivity index (χ2v) is 6.76. The highest BCUT2D eigenvalue weighted by atomic mass is 79.9. The Hall–Kier alpha value is -0.710. The second-order valence-electron chi connectivity index (χ2n) is 5.85. The van der Waals surface area contributed by atoms with Crippen LogP contribution in [0.15, 0.2) is 22.7 Å². The molecule has 2 saturated heterocycles. The monoisotopic (exact) mass is 338 g/mol. The molecule has 0 aromatic heterocycles. The van der Waals surface area contributed by atoms with Crippen molar-refractivity contribution in [2.45, 2.75) is 31.8 Å². The van der Waals surface area contributed by atoms with Crippen molar-refractivity contribution in [3.63, 3.8) is 0 Å². The summed E-state index contributed by atoms with van der Waals surface area (Å²) in [6, 6.07) is 5.90. The van der Waals surface area contributed by atoms with Crippen molar-refractivity contribution in [3.8, 4) is 0 Å². The maximum atomic E-state index is 12.8. The van der Waals surface area contributed by atoms with Crippen LogP contribution in [-0.2, 0) is 9.47 Å². The summed E-state index contributed by atoms with van der Waals surface area (Å²) in [5, 5.41) is 0. The topological polar surface area (TPSA) is 35.5 Å². The number of carbonyl (C=O) groups is 1. The van der Waals surface area contributed by atoms with E-state index in [1.54, 1.807) is 0 Å². The summed E-state index contributed by atoms with van der Waals surface area (Å²) in [6.45, 7) is 4.03. The van der Waals surface area contributed by atoms with Crippen molar-refractivity contribution in [1.82, 2.24) is 0 Å². The van der Waals surface area contributed by atoms with Crippen LogP contribution in [0.25, 0.3) is 0 Å². The maximum absolute atomic E-state index is 12.8. The summed E-state index contributed by atoms with van der Waals surface area (Å²) in [5.74, 6) is 0.303. The number of benzene rings is 1. The summed E-state index contributed by atoms with van der Waals surface area (Å²) in [4.78, 5) is 12.8. The van der Waals surface area contributed by atoms with E-state index in [0.717, 1.165) is 41.5 Å². The summed E-state index contributed by atoms with van der Waals surface area (Å²) >= 11 is 3.45. The molecule has 0 aliphatic carbocycles. The molecule has 108 valence electrons. The first kappa shape index (κ1) is 14.2. The fraction of sp³-hybridized carbons (Fsp3) is 0.562. The molecule has 1 aromatic rings. The molecule has 2 unspecified atom stereocenters. The number of halogens is 1. The van der Waals surface area contributed by atoms with Crippen LogP contribution in [0.5, 0.6) is 0 Å². The van der Waals surface area contributed by atoms with Crippen molar-refractivity contribution in [2.24, 2.45) is 5.92 Å². The van der Waals surface area contributed by atoms with Crippen LogP contribution in [0, 0.1) is 12.8 Å². The molecular weight excluding hydrogens is 320 g/mol. The molecule has 4 heteroatoms. The van der Waals surface area contributed by atoms with Crippen molar-refractivity contribution in [2.75, 3.05) is 19.8 Å². The molecule has 2 aliphatic rings. The molecule has 20 heavy (non-hydrogen) atoms. The zero-order valence-electron chi connectivity index (χ0n) is 11.7. The molecule has 0 bridgehead atoms. The highest BCUT2D eigenvalue weighted by Gasteiger charge is 2.43. The van der Waals surface area contributed by atoms with Gasteiger partial charge in [-0.15, -0.1) is 0 Å². The van der Waals surface area contributed by atoms with Gasteiger partial charge >= 0.3 is 0 Å². The molecule has 3 rings (SSSR count). The van der Waals surface area contributed by atoms with Gasteiger partial charge in [-0.05, 0) is 37.5 Å². The van der Waals surface area contributed by atoms with Gasteiger partial charge in [-0.2, -0.15) is 0 Å². The lowest BCUT2D eigenvalue weighted by Gasteiger charge is -2.36. The van der Waals surface area contributed by atoms with E-state index < -0.39 is 0 Å². The predicted octanol–water partition coefficient (Wildman–Crippen LogP) is 3.53. The standard InChI is InChI=1S/C16H19BrO3/c1-11-2-3-13(17)8-14(11)15(18)12-4-6-20-16(9-12)5-7-19-10-16/h2-3,8,12H,4-7,9-10H2,1H3. The van der Waals surface area contributed by atoms with Gasteiger partial charge < -0.3 is 9.47 Å². The summed E-state index contributed by atoms with van der Waals surface area (Å²) < 4.78 is 12.3. The first-order valence-corrected chi connectivity index (χ1v) is 7.91. The molecule has 3 nitrogen and oxygen atoms in total. The van der Waals surface area contributed by atoms with Crippen LogP contribution in [0.4, 0.5) is 0 Å². The Bertz CT molecular complexity index is 520. The molecular formula is C16H19BrO3. The molecule has 2 aliphatic heterocycles. The number of hydrogen-bond donors (Lipinski definition) is 0. The summed E-state index contributed by atoms with van der Waals surface area (Å²) in [7, 11) is 0. The van der Waals surface area contributed by atoms with E-state index in [1.165, 1.54) is 0 Å². The maximum Gasteiger partial charge on any atom is 0.166 e. The van der Waals surface area contributed by atoms with Gasteiger partial charge in [-0.3, -0.25) is 4.79 Å². The normalized spacial score (nSPS) is 29.8. The molecule has 1 aromatic carbocycles. The van der Waals surface area contributed by atoms with Crippen molar-refractivity contribution in [3.05, 3.63) is 33.8 Å². The van der Waals surface area contributed by atoms with Gasteiger partial charge in [0.15, 0.2) is 5.78 Å². The van der Waals surface area contributed by atoms with Gasteiger partial charge in [0, 0.05) is 35.6 Å². The van der Waals surface area contributed by atoms with E-state index in [0.29, 0.717) is 13.2 Å². The van der Waals surface area contributed by atoms with E-state index in [1.807, 2.05) is 25.1 Å². The molecule has 1 spiro atoms. The molecule has 2 fully saturated rings. The first-order chi connectivity index (χ1) is 9.60. The Morgan fingerprint density at radius 2 is 2.25 bits per heavy atom. The second kappa shape index (κ2) is 5.58. The van der Waals surface area contributed by atoms with Crippen LogP contribution in [0.1, 0.15) is 35.2 Å². The Labute approximate surface area is 127 Å². The number of ether oxygens (including phenoxy) is 2. The fourth-order valence-corrected chi connectivity index (χ4v) is 3.56. The van der Waals surface area contributed by atoms with E-state index in [4.69, 9.17) is 9.47 Å². The van der Waals surface area contributed by atoms with E-state index in [-0.39, 0.29) is 17.3 Å². The number of rotatable bonds is 2. The molecule has 0 saturated carbocycles. The molecule has 0 radical (unpaired) electrons. The Morgan fingerprint density at radius 3 is 3.00 bits per heavy atom. The van der Waals surface area contributed by atoms with Crippen molar-refractivity contribution >= 4 is 21.7 Å². The van der Waals surface area contributed by atoms with E-state index in [9.17, 15) is 4.79 Å². The smallest absolute Gasteiger partial charge is 0.166 e. The minimum atomic E-state index is -0.210. The van der Waals surface area contributed by atoms with Gasteiger partial charge in [0.1, 0.15) is 0 Å². The first-order valence-electron chi connectivity index (χ1n) is 7.12. The molecule has 0 N–H and O–H groups in total. The van der Waals surface area contributed by atoms with Crippen molar-refractivity contribution < 1.29 is 14.3 Å². The molecule has 2 atom stereocenters. The quantitative estimate of drug-likeness (QED) is 0.774. The van der Waals surface area contributed by atoms with Crippen LogP contribution in [0.3, 0.4) is 0 Å². The van der Waals surface area contributed by atoms with Crippen LogP contribution >= 0.6 is 15.9 Å². The lowest BCUT2D eigenvalue weighted by Crippen LogP contribution is -2.42. The Kier molecular flexibility index (Phi) is 3.98. The third kappa shape index (κ3) is 2.69. The largest absolute Gasteiger partial charge is 0.378 e. The predicted molar refractivity (Wildman–Crippen MR) is 80.1 cm³/mol. The summed E-state index contributed by atoms with van der Waals surface area (Å²) in [5.41, 5.74) is 1.67. The Morgan fingerprint density at radius 1 is 1.40 bits per heavy atom. The van der Waals surface area contributed by atoms with Crippen molar-refractivity contribution in [1.29, 1.82) is 0 Å². The highest BCUT2D eigenvalue weighted by molar-refractivity contribution is 9.10. The van der Waals surface area contributed by atoms with Gasteiger partial charge in [0.25, 0.3) is 0 Å². The van der Waals surface area contributed by atoms with Gasteiger partial charge in [0.2, 0.25) is 0 Å². The average molecular weight is 339 g/mol. The van der Waals surface area contributed by atoms with Crippen LogP contribution in [-0.4, -0.2) is 31.2 Å². The minimum absolute atomic E-state index is 0.0541. The lowest BCUT2D eigenvalue weighted by atomic mass is 9.80. The zero-order valence-corrected chi connectivity index (χ0v) is 13.2. The number of carbonyl (C=O) groups excluding carboxylic acids is 1. The molecule has 2 heterocycles. The third-order valence-corrected chi connectivity index (χ3v) is 4.89. The highest BCUT2D eigenvalue weighted by Crippen LogP contribution is 2.37. The summed E-state index contributed by atoms with van der Waals surface area (Å²) in [6.07, 6.45) is 2.51. The zero-order chi connectivity index (χ0) is 14.2. The van der Waals surface area contributed by atoms with Crippen LogP contribution < -0.4 is 0 Å².